The molecule has 0 spiro atoms. The van der Waals surface area contributed by atoms with E-state index in [0.29, 0.717) is 11.5 Å². The number of hydrogen-bond donors (Lipinski definition) is 2. The van der Waals surface area contributed by atoms with E-state index in [0.717, 1.165) is 21.7 Å². The number of pyridine rings is 2. The fourth-order valence-electron chi connectivity index (χ4n) is 3.59. The summed E-state index contributed by atoms with van der Waals surface area (Å²) in [6, 6.07) is 8.41. The Morgan fingerprint density at radius 1 is 1.12 bits per heavy atom. The summed E-state index contributed by atoms with van der Waals surface area (Å²) in [6.07, 6.45) is 4.12. The number of carboxylic acid groups (broad SMARTS) is 1. The van der Waals surface area contributed by atoms with Crippen LogP contribution in [0.5, 0.6) is 0 Å². The Kier molecular flexibility index (Phi) is 5.39. The molecule has 0 saturated carbocycles. The number of nitrogens with zero attached hydrogens (tertiary/aromatic N) is 3. The van der Waals surface area contributed by atoms with Crippen molar-refractivity contribution in [1.29, 1.82) is 0 Å². The molecule has 32 heavy (non-hydrogen) atoms. The SMILES string of the molecule is Cc1cncc(Nc2ccc(S(=O)(=O)n3c(C)c(CC(=O)O)c4cc(F)ccc43)cn2)c1. The molecule has 4 aromatic rings. The van der Waals surface area contributed by atoms with Gasteiger partial charge in [-0.05, 0) is 61.4 Å². The highest BCUT2D eigenvalue weighted by Crippen LogP contribution is 2.31. The van der Waals surface area contributed by atoms with Crippen molar-refractivity contribution >= 4 is 38.4 Å². The van der Waals surface area contributed by atoms with E-state index in [1.807, 2.05) is 13.0 Å². The highest BCUT2D eigenvalue weighted by Gasteiger charge is 2.26. The van der Waals surface area contributed by atoms with Gasteiger partial charge in [0.15, 0.2) is 0 Å². The zero-order valence-corrected chi connectivity index (χ0v) is 18.0. The third-order valence-corrected chi connectivity index (χ3v) is 6.78. The molecule has 8 nitrogen and oxygen atoms in total. The van der Waals surface area contributed by atoms with Gasteiger partial charge >= 0.3 is 5.97 Å². The van der Waals surface area contributed by atoms with Crippen LogP contribution in [-0.2, 0) is 21.2 Å². The molecule has 0 radical (unpaired) electrons. The lowest BCUT2D eigenvalue weighted by Crippen LogP contribution is -2.15. The van der Waals surface area contributed by atoms with E-state index in [2.05, 4.69) is 15.3 Å². The minimum atomic E-state index is -4.12. The van der Waals surface area contributed by atoms with Gasteiger partial charge in [0.25, 0.3) is 10.0 Å². The van der Waals surface area contributed by atoms with Gasteiger partial charge in [0.1, 0.15) is 16.5 Å². The highest BCUT2D eigenvalue weighted by atomic mass is 32.2. The minimum Gasteiger partial charge on any atom is -0.481 e. The van der Waals surface area contributed by atoms with Gasteiger partial charge in [0, 0.05) is 23.5 Å². The zero-order chi connectivity index (χ0) is 23.0. The third-order valence-electron chi connectivity index (χ3n) is 4.99. The van der Waals surface area contributed by atoms with Gasteiger partial charge < -0.3 is 10.4 Å². The second kappa shape index (κ2) is 8.04. The summed E-state index contributed by atoms with van der Waals surface area (Å²) in [4.78, 5) is 19.5. The maximum Gasteiger partial charge on any atom is 0.307 e. The van der Waals surface area contributed by atoms with Crippen molar-refractivity contribution in [3.8, 4) is 0 Å². The van der Waals surface area contributed by atoms with Gasteiger partial charge in [0.2, 0.25) is 0 Å². The molecule has 0 unspecified atom stereocenters. The maximum atomic E-state index is 13.8. The number of halogens is 1. The Morgan fingerprint density at radius 3 is 2.56 bits per heavy atom. The largest absolute Gasteiger partial charge is 0.481 e. The van der Waals surface area contributed by atoms with Crippen molar-refractivity contribution in [2.75, 3.05) is 5.32 Å². The molecule has 0 saturated heterocycles. The first-order valence-electron chi connectivity index (χ1n) is 9.58. The van der Waals surface area contributed by atoms with Crippen LogP contribution in [0.1, 0.15) is 16.8 Å². The third kappa shape index (κ3) is 3.92. The van der Waals surface area contributed by atoms with Gasteiger partial charge in [0.05, 0.1) is 23.8 Å². The van der Waals surface area contributed by atoms with E-state index in [-0.39, 0.29) is 27.1 Å². The average molecular weight is 454 g/mol. The second-order valence-corrected chi connectivity index (χ2v) is 9.11. The van der Waals surface area contributed by atoms with Crippen LogP contribution in [0.3, 0.4) is 0 Å². The van der Waals surface area contributed by atoms with E-state index in [1.165, 1.54) is 31.3 Å². The van der Waals surface area contributed by atoms with Gasteiger partial charge in [-0.15, -0.1) is 0 Å². The lowest BCUT2D eigenvalue weighted by molar-refractivity contribution is -0.136. The predicted molar refractivity (Wildman–Crippen MR) is 117 cm³/mol. The molecule has 0 atom stereocenters. The van der Waals surface area contributed by atoms with Crippen molar-refractivity contribution in [1.82, 2.24) is 13.9 Å². The first kappa shape index (κ1) is 21.4. The van der Waals surface area contributed by atoms with Gasteiger partial charge in [-0.2, -0.15) is 0 Å². The molecule has 0 bridgehead atoms. The van der Waals surface area contributed by atoms with Gasteiger partial charge in [-0.3, -0.25) is 9.78 Å². The lowest BCUT2D eigenvalue weighted by atomic mass is 10.1. The van der Waals surface area contributed by atoms with Crippen LogP contribution < -0.4 is 5.32 Å². The van der Waals surface area contributed by atoms with E-state index >= 15 is 0 Å². The molecule has 0 aliphatic carbocycles. The Bertz CT molecular complexity index is 1450. The molecule has 3 aromatic heterocycles. The first-order chi connectivity index (χ1) is 15.2. The van der Waals surface area contributed by atoms with E-state index in [9.17, 15) is 22.7 Å². The fourth-order valence-corrected chi connectivity index (χ4v) is 5.12. The topological polar surface area (TPSA) is 114 Å². The molecule has 10 heteroatoms. The molecule has 2 N–H and O–H groups in total. The number of anilines is 2. The number of rotatable bonds is 6. The Balaban J connectivity index is 1.76. The van der Waals surface area contributed by atoms with Crippen LogP contribution in [0, 0.1) is 19.7 Å². The van der Waals surface area contributed by atoms with Crippen molar-refractivity contribution in [2.45, 2.75) is 25.2 Å². The minimum absolute atomic E-state index is 0.0865. The molecule has 0 amide bonds. The first-order valence-corrected chi connectivity index (χ1v) is 11.0. The summed E-state index contributed by atoms with van der Waals surface area (Å²) >= 11 is 0. The van der Waals surface area contributed by atoms with Gasteiger partial charge in [-0.1, -0.05) is 0 Å². The van der Waals surface area contributed by atoms with E-state index in [1.54, 1.807) is 12.4 Å². The molecule has 0 aliphatic heterocycles. The number of aromatic nitrogens is 3. The summed E-state index contributed by atoms with van der Waals surface area (Å²) in [6.45, 7) is 3.40. The molecular weight excluding hydrogens is 435 g/mol. The summed E-state index contributed by atoms with van der Waals surface area (Å²) in [5, 5.41) is 12.5. The van der Waals surface area contributed by atoms with E-state index in [4.69, 9.17) is 0 Å². The van der Waals surface area contributed by atoms with Crippen molar-refractivity contribution < 1.29 is 22.7 Å². The number of aliphatic carboxylic acids is 1. The molecule has 0 fully saturated rings. The van der Waals surface area contributed by atoms with Crippen molar-refractivity contribution in [3.05, 3.63) is 77.6 Å². The number of carbonyl (C=O) groups is 1. The number of fused-ring (bicyclic) bond motifs is 1. The molecule has 1 aromatic carbocycles. The van der Waals surface area contributed by atoms with Crippen LogP contribution in [0.25, 0.3) is 10.9 Å². The van der Waals surface area contributed by atoms with Gasteiger partial charge in [-0.25, -0.2) is 21.8 Å². The Labute approximate surface area is 183 Å². The van der Waals surface area contributed by atoms with Crippen LogP contribution >= 0.6 is 0 Å². The number of carboxylic acids is 1. The van der Waals surface area contributed by atoms with Crippen LogP contribution in [0.15, 0.2) is 59.9 Å². The normalized spacial score (nSPS) is 11.6. The maximum absolute atomic E-state index is 13.8. The number of hydrogen-bond acceptors (Lipinski definition) is 6. The highest BCUT2D eigenvalue weighted by molar-refractivity contribution is 7.90. The molecule has 164 valence electrons. The number of nitrogens with one attached hydrogen (secondary N) is 1. The summed E-state index contributed by atoms with van der Waals surface area (Å²) < 4.78 is 41.7. The van der Waals surface area contributed by atoms with Crippen LogP contribution in [-0.4, -0.2) is 33.4 Å². The number of benzene rings is 1. The quantitative estimate of drug-likeness (QED) is 0.455. The average Bonchev–Trinajstić information content (AvgIpc) is 2.99. The van der Waals surface area contributed by atoms with Crippen LogP contribution in [0.2, 0.25) is 0 Å². The summed E-state index contributed by atoms with van der Waals surface area (Å²) in [7, 11) is -4.12. The summed E-state index contributed by atoms with van der Waals surface area (Å²) in [5.74, 6) is -1.29. The Morgan fingerprint density at radius 2 is 1.91 bits per heavy atom. The lowest BCUT2D eigenvalue weighted by Gasteiger charge is -2.11. The molecule has 0 aliphatic rings. The fraction of sp³-hybridized carbons (Fsp3) is 0.136. The second-order valence-electron chi connectivity index (χ2n) is 7.32. The molecule has 3 heterocycles. The zero-order valence-electron chi connectivity index (χ0n) is 17.2. The summed E-state index contributed by atoms with van der Waals surface area (Å²) in [5.41, 5.74) is 2.32. The van der Waals surface area contributed by atoms with Crippen molar-refractivity contribution in [3.63, 3.8) is 0 Å². The standard InChI is InChI=1S/C22H19FN4O4S/c1-13-7-16(11-24-10-13)26-21-6-4-17(12-25-21)32(30,31)27-14(2)18(9-22(28)29)19-8-15(23)3-5-20(19)27/h3-8,10-12H,9H2,1-2H3,(H,25,26)(H,28,29). The number of aryl methyl sites for hydroxylation is 1. The Hall–Kier alpha value is -3.79. The predicted octanol–water partition coefficient (Wildman–Crippen LogP) is 3.79. The van der Waals surface area contributed by atoms with E-state index < -0.39 is 28.2 Å². The smallest absolute Gasteiger partial charge is 0.307 e. The molecular formula is C22H19FN4O4S. The molecule has 4 rings (SSSR count). The van der Waals surface area contributed by atoms with Crippen LogP contribution in [0.4, 0.5) is 15.9 Å². The monoisotopic (exact) mass is 454 g/mol. The van der Waals surface area contributed by atoms with Crippen molar-refractivity contribution in [2.24, 2.45) is 0 Å².